The highest BCUT2D eigenvalue weighted by molar-refractivity contribution is 7.13. The highest BCUT2D eigenvalue weighted by Gasteiger charge is 2.27. The summed E-state index contributed by atoms with van der Waals surface area (Å²) in [6.45, 7) is 0.334. The molecule has 0 aliphatic carbocycles. The summed E-state index contributed by atoms with van der Waals surface area (Å²) in [6, 6.07) is 31.4. The van der Waals surface area contributed by atoms with Crippen LogP contribution in [0.15, 0.2) is 109 Å². The molecule has 0 radical (unpaired) electrons. The molecule has 5 nitrogen and oxygen atoms in total. The number of carbonyl (C=O) groups excluding carboxylic acids is 2. The fourth-order valence-corrected chi connectivity index (χ4v) is 5.52. The van der Waals surface area contributed by atoms with Gasteiger partial charge in [-0.1, -0.05) is 66.2 Å². The van der Waals surface area contributed by atoms with Gasteiger partial charge in [0, 0.05) is 27.3 Å². The molecule has 0 bridgehead atoms. The number of benzene rings is 4. The average molecular weight is 537 g/mol. The number of ether oxygens (including phenoxy) is 1. The first kappa shape index (κ1) is 24.0. The molecule has 38 heavy (non-hydrogen) atoms. The molecular formula is C31H21ClN2O3S. The number of hydrogen-bond donors (Lipinski definition) is 1. The number of carbonyl (C=O) groups is 2. The normalized spacial score (nSPS) is 12.1. The number of anilines is 2. The molecule has 7 heteroatoms. The average Bonchev–Trinajstić information content (AvgIpc) is 3.42. The van der Waals surface area contributed by atoms with Crippen LogP contribution in [0.2, 0.25) is 5.02 Å². The summed E-state index contributed by atoms with van der Waals surface area (Å²) >= 11 is 8.20. The van der Waals surface area contributed by atoms with Gasteiger partial charge in [0.15, 0.2) is 5.75 Å². The lowest BCUT2D eigenvalue weighted by molar-refractivity contribution is 0.0984. The van der Waals surface area contributed by atoms with Gasteiger partial charge in [-0.05, 0) is 53.9 Å². The molecule has 5 aromatic rings. The number of fused-ring (bicyclic) bond motifs is 2. The summed E-state index contributed by atoms with van der Waals surface area (Å²) in [7, 11) is 0. The van der Waals surface area contributed by atoms with Crippen LogP contribution >= 0.6 is 22.9 Å². The standard InChI is InChI=1S/C31H21ClN2O3S/c32-25-18-21(33-30(35)23-10-3-2-9-22(23)29-14-7-17-38-29)15-16-24(25)31(36)34-19-20-8-1-5-12-27(20)37-28-13-6-4-11-26(28)34/h1-18H,19H2,(H,33,35). The van der Waals surface area contributed by atoms with E-state index in [1.54, 1.807) is 40.5 Å². The summed E-state index contributed by atoms with van der Waals surface area (Å²) in [6.07, 6.45) is 0. The topological polar surface area (TPSA) is 58.6 Å². The van der Waals surface area contributed by atoms with Crippen LogP contribution in [0.4, 0.5) is 11.4 Å². The van der Waals surface area contributed by atoms with Crippen LogP contribution in [0.1, 0.15) is 26.3 Å². The largest absolute Gasteiger partial charge is 0.455 e. The number of rotatable bonds is 4. The molecule has 0 fully saturated rings. The molecule has 2 heterocycles. The predicted molar refractivity (Wildman–Crippen MR) is 153 cm³/mol. The van der Waals surface area contributed by atoms with Gasteiger partial charge in [-0.25, -0.2) is 0 Å². The third-order valence-corrected chi connectivity index (χ3v) is 7.55. The van der Waals surface area contributed by atoms with Crippen LogP contribution in [0.25, 0.3) is 10.4 Å². The van der Waals surface area contributed by atoms with E-state index in [1.165, 1.54) is 0 Å². The number of nitrogens with zero attached hydrogens (tertiary/aromatic N) is 1. The van der Waals surface area contributed by atoms with Crippen molar-refractivity contribution in [1.82, 2.24) is 0 Å². The summed E-state index contributed by atoms with van der Waals surface area (Å²) in [5.74, 6) is 0.792. The minimum absolute atomic E-state index is 0.246. The molecule has 0 saturated carbocycles. The van der Waals surface area contributed by atoms with Crippen LogP contribution in [0.3, 0.4) is 0 Å². The molecule has 0 saturated heterocycles. The van der Waals surface area contributed by atoms with Crippen molar-refractivity contribution >= 4 is 46.1 Å². The van der Waals surface area contributed by atoms with Gasteiger partial charge in [0.05, 0.1) is 22.8 Å². The van der Waals surface area contributed by atoms with E-state index in [2.05, 4.69) is 5.32 Å². The third kappa shape index (κ3) is 4.56. The SMILES string of the molecule is O=C(Nc1ccc(C(=O)N2Cc3ccccc3Oc3ccccc32)c(Cl)c1)c1ccccc1-c1cccs1. The van der Waals surface area contributed by atoms with Gasteiger partial charge in [-0.2, -0.15) is 0 Å². The van der Waals surface area contributed by atoms with Crippen LogP contribution in [0.5, 0.6) is 11.5 Å². The fourth-order valence-electron chi connectivity index (χ4n) is 4.49. The van der Waals surface area contributed by atoms with Gasteiger partial charge in [-0.15, -0.1) is 11.3 Å². The Morgan fingerprint density at radius 1 is 0.816 bits per heavy atom. The Kier molecular flexibility index (Phi) is 6.42. The lowest BCUT2D eigenvalue weighted by Crippen LogP contribution is -2.30. The summed E-state index contributed by atoms with van der Waals surface area (Å²) in [5.41, 5.74) is 3.81. The quantitative estimate of drug-likeness (QED) is 0.251. The van der Waals surface area contributed by atoms with Crippen molar-refractivity contribution in [2.75, 3.05) is 10.2 Å². The minimum atomic E-state index is -0.260. The van der Waals surface area contributed by atoms with E-state index in [-0.39, 0.29) is 16.8 Å². The number of amides is 2. The zero-order valence-electron chi connectivity index (χ0n) is 20.1. The van der Waals surface area contributed by atoms with Crippen LogP contribution < -0.4 is 15.0 Å². The number of nitrogens with one attached hydrogen (secondary N) is 1. The lowest BCUT2D eigenvalue weighted by Gasteiger charge is -2.23. The van der Waals surface area contributed by atoms with Gasteiger partial charge in [0.2, 0.25) is 0 Å². The Morgan fingerprint density at radius 3 is 2.39 bits per heavy atom. The first-order chi connectivity index (χ1) is 18.6. The highest BCUT2D eigenvalue weighted by Crippen LogP contribution is 2.40. The summed E-state index contributed by atoms with van der Waals surface area (Å²) < 4.78 is 6.12. The van der Waals surface area contributed by atoms with Crippen molar-refractivity contribution in [2.45, 2.75) is 6.54 Å². The van der Waals surface area contributed by atoms with Crippen molar-refractivity contribution in [3.63, 3.8) is 0 Å². The minimum Gasteiger partial charge on any atom is -0.455 e. The fraction of sp³-hybridized carbons (Fsp3) is 0.0323. The molecule has 0 spiro atoms. The van der Waals surface area contributed by atoms with Gasteiger partial charge in [-0.3, -0.25) is 9.59 Å². The third-order valence-electron chi connectivity index (χ3n) is 6.34. The molecule has 4 aromatic carbocycles. The smallest absolute Gasteiger partial charge is 0.260 e. The molecule has 1 aromatic heterocycles. The number of halogens is 1. The van der Waals surface area contributed by atoms with E-state index in [1.807, 2.05) is 84.2 Å². The van der Waals surface area contributed by atoms with Gasteiger partial charge < -0.3 is 15.0 Å². The van der Waals surface area contributed by atoms with Gasteiger partial charge in [0.1, 0.15) is 5.75 Å². The second-order valence-electron chi connectivity index (χ2n) is 8.74. The Balaban J connectivity index is 1.28. The molecule has 6 rings (SSSR count). The zero-order chi connectivity index (χ0) is 26.1. The Hall–Kier alpha value is -4.39. The van der Waals surface area contributed by atoms with E-state index in [4.69, 9.17) is 16.3 Å². The van der Waals surface area contributed by atoms with Crippen LogP contribution in [-0.2, 0) is 6.54 Å². The Labute approximate surface area is 228 Å². The van der Waals surface area contributed by atoms with E-state index in [0.29, 0.717) is 40.5 Å². The molecule has 0 atom stereocenters. The number of para-hydroxylation sites is 3. The second-order valence-corrected chi connectivity index (χ2v) is 10.1. The maximum atomic E-state index is 13.8. The van der Waals surface area contributed by atoms with Crippen molar-refractivity contribution in [1.29, 1.82) is 0 Å². The van der Waals surface area contributed by atoms with Crippen molar-refractivity contribution in [2.24, 2.45) is 0 Å². The summed E-state index contributed by atoms with van der Waals surface area (Å²) in [4.78, 5) is 29.6. The Bertz CT molecular complexity index is 1670. The highest BCUT2D eigenvalue weighted by atomic mass is 35.5. The van der Waals surface area contributed by atoms with E-state index in [0.717, 1.165) is 16.0 Å². The van der Waals surface area contributed by atoms with E-state index in [9.17, 15) is 9.59 Å². The first-order valence-corrected chi connectivity index (χ1v) is 13.2. The monoisotopic (exact) mass is 536 g/mol. The molecule has 1 aliphatic rings. The van der Waals surface area contributed by atoms with Gasteiger partial charge in [0.25, 0.3) is 11.8 Å². The molecule has 1 N–H and O–H groups in total. The summed E-state index contributed by atoms with van der Waals surface area (Å²) in [5, 5.41) is 5.15. The lowest BCUT2D eigenvalue weighted by atomic mass is 10.1. The number of thiophene rings is 1. The van der Waals surface area contributed by atoms with Crippen molar-refractivity contribution < 1.29 is 14.3 Å². The maximum absolute atomic E-state index is 13.8. The molecule has 1 aliphatic heterocycles. The molecule has 186 valence electrons. The molecular weight excluding hydrogens is 516 g/mol. The van der Waals surface area contributed by atoms with Crippen molar-refractivity contribution in [3.8, 4) is 21.9 Å². The van der Waals surface area contributed by atoms with Gasteiger partial charge >= 0.3 is 0 Å². The maximum Gasteiger partial charge on any atom is 0.260 e. The second kappa shape index (κ2) is 10.2. The van der Waals surface area contributed by atoms with Crippen molar-refractivity contribution in [3.05, 3.63) is 130 Å². The Morgan fingerprint density at radius 2 is 1.58 bits per heavy atom. The predicted octanol–water partition coefficient (Wildman–Crippen LogP) is 8.27. The van der Waals surface area contributed by atoms with Crippen LogP contribution in [-0.4, -0.2) is 11.8 Å². The number of hydrogen-bond acceptors (Lipinski definition) is 4. The zero-order valence-corrected chi connectivity index (χ0v) is 21.6. The van der Waals surface area contributed by atoms with E-state index >= 15 is 0 Å². The van der Waals surface area contributed by atoms with Crippen LogP contribution in [0, 0.1) is 0 Å². The molecule has 0 unspecified atom stereocenters. The molecule has 2 amide bonds. The first-order valence-electron chi connectivity index (χ1n) is 12.0. The van der Waals surface area contributed by atoms with E-state index < -0.39 is 0 Å².